The summed E-state index contributed by atoms with van der Waals surface area (Å²) in [5.74, 6) is 0.811. The molecule has 0 spiro atoms. The molecule has 0 aliphatic carbocycles. The highest BCUT2D eigenvalue weighted by atomic mass is 35.5. The van der Waals surface area contributed by atoms with Crippen LogP contribution in [-0.2, 0) is 13.1 Å². The Morgan fingerprint density at radius 1 is 1.21 bits per heavy atom. The molecule has 0 fully saturated rings. The van der Waals surface area contributed by atoms with E-state index in [0.29, 0.717) is 5.02 Å². The van der Waals surface area contributed by atoms with Gasteiger partial charge in [0.05, 0.1) is 5.02 Å². The maximum atomic E-state index is 6.29. The van der Waals surface area contributed by atoms with Crippen LogP contribution in [0.15, 0.2) is 42.6 Å². The van der Waals surface area contributed by atoms with Gasteiger partial charge in [-0.3, -0.25) is 0 Å². The molecule has 3 nitrogen and oxygen atoms in total. The van der Waals surface area contributed by atoms with Gasteiger partial charge in [0.15, 0.2) is 0 Å². The lowest BCUT2D eigenvalue weighted by Gasteiger charge is -2.19. The first-order chi connectivity index (χ1) is 9.20. The van der Waals surface area contributed by atoms with Crippen molar-refractivity contribution in [3.8, 4) is 0 Å². The van der Waals surface area contributed by atoms with Crippen molar-refractivity contribution in [1.82, 2.24) is 10.3 Å². The second-order valence-electron chi connectivity index (χ2n) is 4.52. The molecule has 1 aromatic carbocycles. The summed E-state index contributed by atoms with van der Waals surface area (Å²) >= 11 is 6.29. The van der Waals surface area contributed by atoms with E-state index in [0.717, 1.165) is 24.5 Å². The lowest BCUT2D eigenvalue weighted by Crippen LogP contribution is -2.18. The summed E-state index contributed by atoms with van der Waals surface area (Å²) in [5, 5.41) is 3.77. The number of nitrogens with zero attached hydrogens (tertiary/aromatic N) is 2. The highest BCUT2D eigenvalue weighted by Crippen LogP contribution is 2.24. The molecule has 0 aliphatic heterocycles. The fourth-order valence-corrected chi connectivity index (χ4v) is 2.32. The Bertz CT molecular complexity index is 528. The van der Waals surface area contributed by atoms with Crippen molar-refractivity contribution in [2.45, 2.75) is 13.1 Å². The molecule has 2 aromatic rings. The topological polar surface area (TPSA) is 28.2 Å². The summed E-state index contributed by atoms with van der Waals surface area (Å²) in [6, 6.07) is 12.2. The number of anilines is 1. The third-order valence-corrected chi connectivity index (χ3v) is 3.16. The second kappa shape index (κ2) is 6.55. The quantitative estimate of drug-likeness (QED) is 0.909. The smallest absolute Gasteiger partial charge is 0.147 e. The molecule has 0 amide bonds. The average Bonchev–Trinajstić information content (AvgIpc) is 2.40. The van der Waals surface area contributed by atoms with E-state index in [2.05, 4.69) is 27.3 Å². The van der Waals surface area contributed by atoms with Crippen LogP contribution in [0, 0.1) is 0 Å². The molecule has 2 rings (SSSR count). The van der Waals surface area contributed by atoms with Crippen LogP contribution >= 0.6 is 11.6 Å². The lowest BCUT2D eigenvalue weighted by atomic mass is 10.2. The number of halogens is 1. The van der Waals surface area contributed by atoms with Crippen LogP contribution in [0.2, 0.25) is 5.02 Å². The van der Waals surface area contributed by atoms with Gasteiger partial charge < -0.3 is 10.2 Å². The number of pyridine rings is 1. The third-order valence-electron chi connectivity index (χ3n) is 2.88. The number of nitrogens with one attached hydrogen (secondary N) is 1. The van der Waals surface area contributed by atoms with E-state index in [9.17, 15) is 0 Å². The maximum Gasteiger partial charge on any atom is 0.147 e. The van der Waals surface area contributed by atoms with Gasteiger partial charge in [0.2, 0.25) is 0 Å². The highest BCUT2D eigenvalue weighted by molar-refractivity contribution is 6.33. The van der Waals surface area contributed by atoms with Crippen molar-refractivity contribution < 1.29 is 0 Å². The van der Waals surface area contributed by atoms with Gasteiger partial charge in [-0.05, 0) is 24.2 Å². The van der Waals surface area contributed by atoms with E-state index < -0.39 is 0 Å². The van der Waals surface area contributed by atoms with Crippen LogP contribution in [0.4, 0.5) is 5.82 Å². The van der Waals surface area contributed by atoms with Crippen LogP contribution in [0.5, 0.6) is 0 Å². The van der Waals surface area contributed by atoms with Gasteiger partial charge in [-0.15, -0.1) is 0 Å². The molecule has 1 aromatic heterocycles. The number of rotatable bonds is 5. The van der Waals surface area contributed by atoms with Gasteiger partial charge in [-0.1, -0.05) is 41.9 Å². The van der Waals surface area contributed by atoms with Gasteiger partial charge in [-0.2, -0.15) is 0 Å². The van der Waals surface area contributed by atoms with Crippen LogP contribution < -0.4 is 10.2 Å². The van der Waals surface area contributed by atoms with Crippen molar-refractivity contribution >= 4 is 17.4 Å². The zero-order valence-electron chi connectivity index (χ0n) is 11.2. The predicted octanol–water partition coefficient (Wildman–Crippen LogP) is 3.09. The molecule has 0 saturated heterocycles. The molecule has 1 N–H and O–H groups in total. The number of benzene rings is 1. The molecule has 100 valence electrons. The van der Waals surface area contributed by atoms with E-state index in [1.54, 1.807) is 0 Å². The molecule has 1 heterocycles. The molecule has 4 heteroatoms. The SMILES string of the molecule is CNCc1cnc(N(C)Cc2ccccc2)c(Cl)c1. The Kier molecular flexibility index (Phi) is 4.77. The number of hydrogen-bond donors (Lipinski definition) is 1. The first-order valence-electron chi connectivity index (χ1n) is 6.25. The Morgan fingerprint density at radius 2 is 1.95 bits per heavy atom. The van der Waals surface area contributed by atoms with E-state index >= 15 is 0 Å². The Hall–Kier alpha value is -1.58. The third kappa shape index (κ3) is 3.69. The number of aromatic nitrogens is 1. The summed E-state index contributed by atoms with van der Waals surface area (Å²) in [7, 11) is 3.91. The van der Waals surface area contributed by atoms with Crippen LogP contribution in [0.3, 0.4) is 0 Å². The van der Waals surface area contributed by atoms with Crippen molar-refractivity contribution in [3.63, 3.8) is 0 Å². The van der Waals surface area contributed by atoms with Gasteiger partial charge in [0.25, 0.3) is 0 Å². The van der Waals surface area contributed by atoms with Crippen molar-refractivity contribution in [1.29, 1.82) is 0 Å². The minimum absolute atomic E-state index is 0.686. The van der Waals surface area contributed by atoms with Crippen LogP contribution in [0.1, 0.15) is 11.1 Å². The van der Waals surface area contributed by atoms with Crippen molar-refractivity contribution in [2.24, 2.45) is 0 Å². The van der Waals surface area contributed by atoms with Crippen LogP contribution in [-0.4, -0.2) is 19.1 Å². The molecule has 0 aliphatic rings. The van der Waals surface area contributed by atoms with E-state index in [4.69, 9.17) is 11.6 Å². The Morgan fingerprint density at radius 3 is 2.58 bits per heavy atom. The van der Waals surface area contributed by atoms with Crippen molar-refractivity contribution in [3.05, 3.63) is 58.7 Å². The molecule has 0 saturated carbocycles. The zero-order chi connectivity index (χ0) is 13.7. The summed E-state index contributed by atoms with van der Waals surface area (Å²) in [6.07, 6.45) is 1.86. The maximum absolute atomic E-state index is 6.29. The standard InChI is InChI=1S/C15H18ClN3/c1-17-9-13-8-14(16)15(18-10-13)19(2)11-12-6-4-3-5-7-12/h3-8,10,17H,9,11H2,1-2H3. The van der Waals surface area contributed by atoms with Crippen molar-refractivity contribution in [2.75, 3.05) is 19.0 Å². The minimum atomic E-state index is 0.686. The fraction of sp³-hybridized carbons (Fsp3) is 0.267. The monoisotopic (exact) mass is 275 g/mol. The molecule has 19 heavy (non-hydrogen) atoms. The molecule has 0 radical (unpaired) electrons. The Balaban J connectivity index is 2.13. The van der Waals surface area contributed by atoms with E-state index in [-0.39, 0.29) is 0 Å². The predicted molar refractivity (Wildman–Crippen MR) is 80.6 cm³/mol. The zero-order valence-corrected chi connectivity index (χ0v) is 12.0. The lowest BCUT2D eigenvalue weighted by molar-refractivity contribution is 0.810. The van der Waals surface area contributed by atoms with Gasteiger partial charge in [0, 0.05) is 26.3 Å². The molecule has 0 unspecified atom stereocenters. The molecule has 0 bridgehead atoms. The fourth-order valence-electron chi connectivity index (χ4n) is 1.98. The highest BCUT2D eigenvalue weighted by Gasteiger charge is 2.09. The first kappa shape index (κ1) is 13.8. The van der Waals surface area contributed by atoms with E-state index in [1.165, 1.54) is 5.56 Å². The van der Waals surface area contributed by atoms with Crippen LogP contribution in [0.25, 0.3) is 0 Å². The molecule has 0 atom stereocenters. The summed E-state index contributed by atoms with van der Waals surface area (Å²) in [4.78, 5) is 6.50. The van der Waals surface area contributed by atoms with E-state index in [1.807, 2.05) is 44.6 Å². The second-order valence-corrected chi connectivity index (χ2v) is 4.93. The first-order valence-corrected chi connectivity index (χ1v) is 6.62. The van der Waals surface area contributed by atoms with Gasteiger partial charge in [-0.25, -0.2) is 4.98 Å². The average molecular weight is 276 g/mol. The Labute approximate surface area is 119 Å². The van der Waals surface area contributed by atoms with Gasteiger partial charge in [0.1, 0.15) is 5.82 Å². The summed E-state index contributed by atoms with van der Waals surface area (Å²) in [5.41, 5.74) is 2.33. The largest absolute Gasteiger partial charge is 0.354 e. The van der Waals surface area contributed by atoms with Gasteiger partial charge >= 0.3 is 0 Å². The normalized spacial score (nSPS) is 10.5. The molecular formula is C15H18ClN3. The summed E-state index contributed by atoms with van der Waals surface area (Å²) < 4.78 is 0. The molecular weight excluding hydrogens is 258 g/mol. The summed E-state index contributed by atoms with van der Waals surface area (Å²) in [6.45, 7) is 1.56. The number of hydrogen-bond acceptors (Lipinski definition) is 3. The minimum Gasteiger partial charge on any atom is -0.354 e.